The molecule has 5 nitrogen and oxygen atoms in total. The Labute approximate surface area is 423 Å². The molecule has 0 saturated heterocycles. The molecule has 0 aromatic rings. The maximum absolute atomic E-state index is 12.3. The highest BCUT2D eigenvalue weighted by atomic mass is 16.6. The third-order valence-corrected chi connectivity index (χ3v) is 13.3. The fourth-order valence-electron chi connectivity index (χ4n) is 8.88. The van der Waals surface area contributed by atoms with Crippen LogP contribution in [0.25, 0.3) is 0 Å². The van der Waals surface area contributed by atoms with Crippen LogP contribution in [0, 0.1) is 0 Å². The summed E-state index contributed by atoms with van der Waals surface area (Å²) in [5.74, 6) is -0.618. The third kappa shape index (κ3) is 56.2. The van der Waals surface area contributed by atoms with Crippen LogP contribution in [0.15, 0.2) is 60.8 Å². The van der Waals surface area contributed by atoms with Crippen molar-refractivity contribution in [2.45, 2.75) is 315 Å². The molecule has 0 aromatic carbocycles. The van der Waals surface area contributed by atoms with Gasteiger partial charge in [0.25, 0.3) is 0 Å². The number of carbonyl (C=O) groups excluding carboxylic acids is 2. The van der Waals surface area contributed by atoms with Crippen molar-refractivity contribution < 1.29 is 24.2 Å². The Balaban J connectivity index is 3.42. The van der Waals surface area contributed by atoms with Crippen LogP contribution in [0.5, 0.6) is 0 Å². The van der Waals surface area contributed by atoms with Crippen LogP contribution in [-0.2, 0) is 19.1 Å². The summed E-state index contributed by atoms with van der Waals surface area (Å²) in [6, 6.07) is 0. The lowest BCUT2D eigenvalue weighted by molar-refractivity contribution is -0.161. The summed E-state index contributed by atoms with van der Waals surface area (Å²) in [6.07, 6.45) is 79.4. The summed E-state index contributed by atoms with van der Waals surface area (Å²) in [4.78, 5) is 24.5. The molecule has 0 saturated carbocycles. The minimum Gasteiger partial charge on any atom is -0.462 e. The molecule has 0 aliphatic carbocycles. The van der Waals surface area contributed by atoms with Gasteiger partial charge in [0.15, 0.2) is 6.10 Å². The first-order valence-electron chi connectivity index (χ1n) is 29.8. The molecule has 0 fully saturated rings. The molecule has 5 heteroatoms. The summed E-state index contributed by atoms with van der Waals surface area (Å²) >= 11 is 0. The molecule has 1 unspecified atom stereocenters. The highest BCUT2D eigenvalue weighted by Crippen LogP contribution is 2.18. The van der Waals surface area contributed by atoms with Crippen molar-refractivity contribution in [1.29, 1.82) is 0 Å². The van der Waals surface area contributed by atoms with Gasteiger partial charge < -0.3 is 14.6 Å². The minimum absolute atomic E-state index is 0.0785. The fourth-order valence-corrected chi connectivity index (χ4v) is 8.88. The number of carbonyl (C=O) groups is 2. The van der Waals surface area contributed by atoms with E-state index in [9.17, 15) is 14.7 Å². The Kier molecular flexibility index (Phi) is 56.8. The highest BCUT2D eigenvalue weighted by Gasteiger charge is 2.16. The average molecular weight is 952 g/mol. The van der Waals surface area contributed by atoms with Crippen LogP contribution in [0.1, 0.15) is 309 Å². The molecule has 68 heavy (non-hydrogen) atoms. The van der Waals surface area contributed by atoms with E-state index in [-0.39, 0.29) is 25.2 Å². The summed E-state index contributed by atoms with van der Waals surface area (Å²) in [7, 11) is 0. The molecule has 0 rings (SSSR count). The summed E-state index contributed by atoms with van der Waals surface area (Å²) < 4.78 is 10.7. The summed E-state index contributed by atoms with van der Waals surface area (Å²) in [6.45, 7) is 4.03. The summed E-state index contributed by atoms with van der Waals surface area (Å²) in [5.41, 5.74) is 0. The molecule has 0 aliphatic heterocycles. The first-order valence-corrected chi connectivity index (χ1v) is 29.8. The van der Waals surface area contributed by atoms with E-state index >= 15 is 0 Å². The Hall–Kier alpha value is -2.40. The van der Waals surface area contributed by atoms with Crippen LogP contribution < -0.4 is 0 Å². The fraction of sp³-hybridized carbons (Fsp3) is 0.810. The lowest BCUT2D eigenvalue weighted by Gasteiger charge is -2.15. The molecule has 0 spiro atoms. The number of rotatable bonds is 55. The molecule has 0 radical (unpaired) electrons. The zero-order valence-electron chi connectivity index (χ0n) is 45.4. The van der Waals surface area contributed by atoms with Gasteiger partial charge in [-0.1, -0.05) is 299 Å². The van der Waals surface area contributed by atoms with Crippen molar-refractivity contribution in [3.63, 3.8) is 0 Å². The molecular formula is C63H114O5. The number of hydrogen-bond donors (Lipinski definition) is 1. The van der Waals surface area contributed by atoms with Gasteiger partial charge in [-0.3, -0.25) is 9.59 Å². The van der Waals surface area contributed by atoms with Crippen molar-refractivity contribution >= 4 is 11.9 Å². The van der Waals surface area contributed by atoms with Crippen LogP contribution in [0.2, 0.25) is 0 Å². The quantitative estimate of drug-likeness (QED) is 0.0374. The van der Waals surface area contributed by atoms with Crippen LogP contribution in [0.4, 0.5) is 0 Å². The van der Waals surface area contributed by atoms with Crippen molar-refractivity contribution in [2.75, 3.05) is 13.2 Å². The monoisotopic (exact) mass is 951 g/mol. The standard InChI is InChI=1S/C63H114O5/c1-3-5-7-9-11-13-15-17-19-21-23-24-25-26-27-28-29-30-31-32-33-34-35-36-37-38-40-41-43-45-47-49-51-53-55-57-62(65)67-60-61(59-64)68-63(66)58-56-54-52-50-48-46-44-42-39-22-20-18-16-14-12-10-8-6-4-2/h6,8,12,14,18,20,39,42,46,48,61,64H,3-5,7,9-11,13,15-17,19,21-38,40-41,43-45,47,49-60H2,1-2H3/b8-6-,14-12-,20-18-,42-39-,48-46-. The second kappa shape index (κ2) is 58.9. The van der Waals surface area contributed by atoms with E-state index < -0.39 is 6.10 Å². The predicted octanol–water partition coefficient (Wildman–Crippen LogP) is 20.2. The number of aliphatic hydroxyl groups is 1. The Bertz CT molecular complexity index is 1170. The second-order valence-corrected chi connectivity index (χ2v) is 20.1. The molecule has 0 amide bonds. The third-order valence-electron chi connectivity index (χ3n) is 13.3. The topological polar surface area (TPSA) is 72.8 Å². The van der Waals surface area contributed by atoms with Crippen LogP contribution in [-0.4, -0.2) is 36.4 Å². The number of allylic oxidation sites excluding steroid dienone is 10. The first kappa shape index (κ1) is 65.6. The van der Waals surface area contributed by atoms with E-state index in [4.69, 9.17) is 9.47 Å². The molecule has 0 bridgehead atoms. The van der Waals surface area contributed by atoms with Crippen LogP contribution in [0.3, 0.4) is 0 Å². The second-order valence-electron chi connectivity index (χ2n) is 20.1. The molecule has 0 aliphatic rings. The zero-order chi connectivity index (χ0) is 49.2. The van der Waals surface area contributed by atoms with Gasteiger partial charge in [-0.2, -0.15) is 0 Å². The van der Waals surface area contributed by atoms with E-state index in [1.807, 2.05) is 0 Å². The Morgan fingerprint density at radius 1 is 0.353 bits per heavy atom. The maximum Gasteiger partial charge on any atom is 0.306 e. The molecule has 1 atom stereocenters. The molecule has 396 valence electrons. The SMILES string of the molecule is CC/C=C\C/C=C\C/C=C\C/C=C\C/C=C\CCCCCC(=O)OC(CO)COC(=O)CCCCCCCCCCCCCCCCCCCCCCCCCCCCCCCCCCCCC. The molecule has 0 heterocycles. The van der Waals surface area contributed by atoms with Gasteiger partial charge in [0, 0.05) is 12.8 Å². The Morgan fingerprint density at radius 3 is 0.956 bits per heavy atom. The molecule has 0 aromatic heterocycles. The lowest BCUT2D eigenvalue weighted by atomic mass is 10.0. The normalized spacial score (nSPS) is 12.6. The van der Waals surface area contributed by atoms with Crippen molar-refractivity contribution in [3.8, 4) is 0 Å². The van der Waals surface area contributed by atoms with Crippen molar-refractivity contribution in [3.05, 3.63) is 60.8 Å². The van der Waals surface area contributed by atoms with Crippen molar-refractivity contribution in [2.24, 2.45) is 0 Å². The number of hydrogen-bond acceptors (Lipinski definition) is 5. The van der Waals surface area contributed by atoms with E-state index in [0.717, 1.165) is 77.0 Å². The largest absolute Gasteiger partial charge is 0.462 e. The van der Waals surface area contributed by atoms with Gasteiger partial charge in [0.1, 0.15) is 6.61 Å². The van der Waals surface area contributed by atoms with E-state index in [1.165, 1.54) is 205 Å². The number of ether oxygens (including phenoxy) is 2. The average Bonchev–Trinajstić information content (AvgIpc) is 3.34. The molecule has 1 N–H and O–H groups in total. The Morgan fingerprint density at radius 2 is 0.632 bits per heavy atom. The number of unbranched alkanes of at least 4 members (excludes halogenated alkanes) is 37. The zero-order valence-corrected chi connectivity index (χ0v) is 45.4. The van der Waals surface area contributed by atoms with Gasteiger partial charge in [-0.05, 0) is 57.8 Å². The van der Waals surface area contributed by atoms with Gasteiger partial charge in [-0.15, -0.1) is 0 Å². The van der Waals surface area contributed by atoms with Crippen molar-refractivity contribution in [1.82, 2.24) is 0 Å². The van der Waals surface area contributed by atoms with E-state index in [1.54, 1.807) is 0 Å². The minimum atomic E-state index is -0.791. The van der Waals surface area contributed by atoms with Gasteiger partial charge >= 0.3 is 11.9 Å². The van der Waals surface area contributed by atoms with Gasteiger partial charge in [0.2, 0.25) is 0 Å². The van der Waals surface area contributed by atoms with E-state index in [2.05, 4.69) is 74.6 Å². The van der Waals surface area contributed by atoms with Gasteiger partial charge in [0.05, 0.1) is 6.61 Å². The summed E-state index contributed by atoms with van der Waals surface area (Å²) in [5, 5.41) is 9.64. The van der Waals surface area contributed by atoms with Gasteiger partial charge in [-0.25, -0.2) is 0 Å². The van der Waals surface area contributed by atoms with Crippen LogP contribution >= 0.6 is 0 Å². The highest BCUT2D eigenvalue weighted by molar-refractivity contribution is 5.70. The number of aliphatic hydroxyl groups excluding tert-OH is 1. The first-order chi connectivity index (χ1) is 33.6. The van der Waals surface area contributed by atoms with E-state index in [0.29, 0.717) is 12.8 Å². The number of esters is 2. The smallest absolute Gasteiger partial charge is 0.306 e. The maximum atomic E-state index is 12.3. The lowest BCUT2D eigenvalue weighted by Crippen LogP contribution is -2.28. The molecular weight excluding hydrogens is 837 g/mol. The predicted molar refractivity (Wildman–Crippen MR) is 297 cm³/mol.